The highest BCUT2D eigenvalue weighted by atomic mass is 19.3. The van der Waals surface area contributed by atoms with Crippen molar-refractivity contribution in [2.24, 2.45) is 5.92 Å². The highest BCUT2D eigenvalue weighted by Crippen LogP contribution is 2.33. The molecule has 0 radical (unpaired) electrons. The Labute approximate surface area is 128 Å². The Bertz CT molecular complexity index is 522. The van der Waals surface area contributed by atoms with Crippen molar-refractivity contribution in [2.75, 3.05) is 7.11 Å². The molecular formula is C16H21F2NO3. The third-order valence-electron chi connectivity index (χ3n) is 3.92. The Morgan fingerprint density at radius 3 is 2.77 bits per heavy atom. The molecule has 22 heavy (non-hydrogen) atoms. The predicted molar refractivity (Wildman–Crippen MR) is 78.5 cm³/mol. The first kappa shape index (κ1) is 16.5. The summed E-state index contributed by atoms with van der Waals surface area (Å²) in [6, 6.07) is 4.59. The summed E-state index contributed by atoms with van der Waals surface area (Å²) >= 11 is 0. The van der Waals surface area contributed by atoms with Crippen molar-refractivity contribution < 1.29 is 23.0 Å². The molecule has 1 fully saturated rings. The average Bonchev–Trinajstić information content (AvgIpc) is 2.46. The molecule has 0 heterocycles. The van der Waals surface area contributed by atoms with Crippen LogP contribution in [0, 0.1) is 5.92 Å². The average molecular weight is 313 g/mol. The molecule has 0 bridgehead atoms. The highest BCUT2D eigenvalue weighted by molar-refractivity contribution is 5.98. The number of amides is 1. The number of alkyl halides is 2. The van der Waals surface area contributed by atoms with Gasteiger partial charge >= 0.3 is 6.61 Å². The Kier molecular flexibility index (Phi) is 5.57. The van der Waals surface area contributed by atoms with E-state index >= 15 is 0 Å². The van der Waals surface area contributed by atoms with Gasteiger partial charge in [0.25, 0.3) is 5.91 Å². The minimum absolute atomic E-state index is 0.0675. The number of carbonyl (C=O) groups excluding carboxylic acids is 1. The van der Waals surface area contributed by atoms with Gasteiger partial charge in [-0.05, 0) is 30.9 Å². The van der Waals surface area contributed by atoms with E-state index in [9.17, 15) is 13.6 Å². The third kappa shape index (κ3) is 4.08. The van der Waals surface area contributed by atoms with Crippen LogP contribution in [0.2, 0.25) is 0 Å². The van der Waals surface area contributed by atoms with Crippen LogP contribution in [0.3, 0.4) is 0 Å². The second-order valence-corrected chi connectivity index (χ2v) is 5.66. The number of benzene rings is 1. The number of hydrogen-bond acceptors (Lipinski definition) is 3. The monoisotopic (exact) mass is 313 g/mol. The summed E-state index contributed by atoms with van der Waals surface area (Å²) in [4.78, 5) is 12.4. The molecule has 1 N–H and O–H groups in total. The number of methoxy groups -OCH3 is 1. The van der Waals surface area contributed by atoms with Gasteiger partial charge in [-0.2, -0.15) is 8.78 Å². The summed E-state index contributed by atoms with van der Waals surface area (Å²) in [5, 5.41) is 2.91. The quantitative estimate of drug-likeness (QED) is 0.903. The van der Waals surface area contributed by atoms with Crippen LogP contribution < -0.4 is 14.8 Å². The van der Waals surface area contributed by atoms with E-state index in [2.05, 4.69) is 17.0 Å². The lowest BCUT2D eigenvalue weighted by atomic mass is 9.87. The van der Waals surface area contributed by atoms with Gasteiger partial charge in [0.2, 0.25) is 0 Å². The van der Waals surface area contributed by atoms with Gasteiger partial charge in [-0.1, -0.05) is 25.8 Å². The molecule has 0 saturated heterocycles. The Morgan fingerprint density at radius 1 is 1.36 bits per heavy atom. The predicted octanol–water partition coefficient (Wildman–Crippen LogP) is 3.61. The van der Waals surface area contributed by atoms with Gasteiger partial charge in [0.1, 0.15) is 0 Å². The van der Waals surface area contributed by atoms with Gasteiger partial charge in [-0.3, -0.25) is 4.79 Å². The number of hydrogen-bond donors (Lipinski definition) is 1. The van der Waals surface area contributed by atoms with Crippen LogP contribution in [0.4, 0.5) is 8.78 Å². The maximum atomic E-state index is 12.6. The zero-order valence-corrected chi connectivity index (χ0v) is 12.8. The zero-order chi connectivity index (χ0) is 16.1. The lowest BCUT2D eigenvalue weighted by Crippen LogP contribution is -2.38. The molecular weight excluding hydrogens is 292 g/mol. The second kappa shape index (κ2) is 7.42. The van der Waals surface area contributed by atoms with Gasteiger partial charge in [-0.25, -0.2) is 0 Å². The Morgan fingerprint density at radius 2 is 2.14 bits per heavy atom. The van der Waals surface area contributed by atoms with Crippen molar-refractivity contribution >= 4 is 5.91 Å². The van der Waals surface area contributed by atoms with Crippen molar-refractivity contribution in [1.29, 1.82) is 0 Å². The Balaban J connectivity index is 2.17. The topological polar surface area (TPSA) is 47.6 Å². The second-order valence-electron chi connectivity index (χ2n) is 5.66. The van der Waals surface area contributed by atoms with Crippen LogP contribution in [0.15, 0.2) is 18.2 Å². The number of rotatable bonds is 5. The number of carbonyl (C=O) groups is 1. The van der Waals surface area contributed by atoms with Crippen molar-refractivity contribution in [3.8, 4) is 11.5 Å². The van der Waals surface area contributed by atoms with Crippen molar-refractivity contribution in [3.05, 3.63) is 23.8 Å². The van der Waals surface area contributed by atoms with Crippen LogP contribution in [0.1, 0.15) is 43.0 Å². The first-order valence-electron chi connectivity index (χ1n) is 7.44. The molecule has 1 aromatic rings. The first-order valence-corrected chi connectivity index (χ1v) is 7.44. The maximum absolute atomic E-state index is 12.6. The van der Waals surface area contributed by atoms with Crippen molar-refractivity contribution in [1.82, 2.24) is 5.32 Å². The van der Waals surface area contributed by atoms with E-state index in [1.807, 2.05) is 0 Å². The number of ether oxygens (including phenoxy) is 2. The molecule has 0 spiro atoms. The first-order chi connectivity index (χ1) is 10.5. The van der Waals surface area contributed by atoms with E-state index in [4.69, 9.17) is 4.74 Å². The lowest BCUT2D eigenvalue weighted by molar-refractivity contribution is -0.0515. The SMILES string of the molecule is COc1cccc(C(=O)NC2CCCC(C)C2)c1OC(F)F. The molecule has 2 unspecified atom stereocenters. The summed E-state index contributed by atoms with van der Waals surface area (Å²) in [5.74, 6) is 0.0427. The van der Waals surface area contributed by atoms with Crippen LogP contribution in [0.25, 0.3) is 0 Å². The third-order valence-corrected chi connectivity index (χ3v) is 3.92. The number of nitrogens with one attached hydrogen (secondary N) is 1. The molecule has 1 aliphatic carbocycles. The fourth-order valence-electron chi connectivity index (χ4n) is 2.89. The van der Waals surface area contributed by atoms with E-state index in [1.165, 1.54) is 19.2 Å². The largest absolute Gasteiger partial charge is 0.493 e. The minimum atomic E-state index is -3.02. The van der Waals surface area contributed by atoms with E-state index in [0.717, 1.165) is 25.7 Å². The van der Waals surface area contributed by atoms with Gasteiger partial charge in [0.15, 0.2) is 11.5 Å². The highest BCUT2D eigenvalue weighted by Gasteiger charge is 2.24. The molecule has 2 rings (SSSR count). The van der Waals surface area contributed by atoms with Crippen LogP contribution in [0.5, 0.6) is 11.5 Å². The molecule has 0 aromatic heterocycles. The van der Waals surface area contributed by atoms with E-state index in [0.29, 0.717) is 5.92 Å². The molecule has 1 amide bonds. The van der Waals surface area contributed by atoms with Crippen LogP contribution in [-0.2, 0) is 0 Å². The summed E-state index contributed by atoms with van der Waals surface area (Å²) in [7, 11) is 1.35. The molecule has 4 nitrogen and oxygen atoms in total. The van der Waals surface area contributed by atoms with E-state index in [1.54, 1.807) is 6.07 Å². The minimum Gasteiger partial charge on any atom is -0.493 e. The standard InChI is InChI=1S/C16H21F2NO3/c1-10-5-3-6-11(9-10)19-15(20)12-7-4-8-13(21-2)14(12)22-16(17)18/h4,7-8,10-11,16H,3,5-6,9H2,1-2H3,(H,19,20). The molecule has 1 aliphatic rings. The van der Waals surface area contributed by atoms with E-state index < -0.39 is 12.5 Å². The molecule has 6 heteroatoms. The smallest absolute Gasteiger partial charge is 0.387 e. The molecule has 122 valence electrons. The summed E-state index contributed by atoms with van der Waals surface area (Å²) < 4.78 is 34.6. The molecule has 1 aromatic carbocycles. The van der Waals surface area contributed by atoms with Crippen LogP contribution >= 0.6 is 0 Å². The van der Waals surface area contributed by atoms with E-state index in [-0.39, 0.29) is 23.1 Å². The van der Waals surface area contributed by atoms with Gasteiger partial charge < -0.3 is 14.8 Å². The molecule has 0 aliphatic heterocycles. The molecule has 1 saturated carbocycles. The summed E-state index contributed by atoms with van der Waals surface area (Å²) in [6.45, 7) is -0.868. The fourth-order valence-corrected chi connectivity index (χ4v) is 2.89. The van der Waals surface area contributed by atoms with Crippen LogP contribution in [-0.4, -0.2) is 25.7 Å². The van der Waals surface area contributed by atoms with Crippen molar-refractivity contribution in [2.45, 2.75) is 45.3 Å². The fraction of sp³-hybridized carbons (Fsp3) is 0.562. The summed E-state index contributed by atoms with van der Waals surface area (Å²) in [6.07, 6.45) is 4.03. The Hall–Kier alpha value is -1.85. The van der Waals surface area contributed by atoms with Gasteiger partial charge in [0, 0.05) is 6.04 Å². The lowest BCUT2D eigenvalue weighted by Gasteiger charge is -2.27. The zero-order valence-electron chi connectivity index (χ0n) is 12.8. The van der Waals surface area contributed by atoms with Gasteiger partial charge in [-0.15, -0.1) is 0 Å². The van der Waals surface area contributed by atoms with Crippen molar-refractivity contribution in [3.63, 3.8) is 0 Å². The maximum Gasteiger partial charge on any atom is 0.387 e. The van der Waals surface area contributed by atoms with Gasteiger partial charge in [0.05, 0.1) is 12.7 Å². The number of halogens is 2. The normalized spacial score (nSPS) is 21.5. The molecule has 2 atom stereocenters. The summed E-state index contributed by atoms with van der Waals surface area (Å²) in [5.41, 5.74) is 0.0675. The number of para-hydroxylation sites is 1.